The van der Waals surface area contributed by atoms with E-state index in [0.29, 0.717) is 12.8 Å². The lowest BCUT2D eigenvalue weighted by atomic mass is 10.3. The van der Waals surface area contributed by atoms with Gasteiger partial charge in [0.2, 0.25) is 20.0 Å². The molecule has 1 aliphatic rings. The molecule has 2 rings (SSSR count). The Labute approximate surface area is 133 Å². The fourth-order valence-corrected chi connectivity index (χ4v) is 5.25. The van der Waals surface area contributed by atoms with Crippen LogP contribution in [0.25, 0.3) is 0 Å². The third kappa shape index (κ3) is 3.81. The predicted octanol–water partition coefficient (Wildman–Crippen LogP) is 2.33. The fraction of sp³-hybridized carbons (Fsp3) is 0.455. The number of anilines is 1. The normalized spacial score (nSPS) is 17.1. The monoisotopic (exact) mass is 372 g/mol. The average Bonchev–Trinajstić information content (AvgIpc) is 2.86. The molecule has 0 aliphatic heterocycles. The van der Waals surface area contributed by atoms with Crippen LogP contribution in [0.5, 0.6) is 0 Å². The lowest BCUT2D eigenvalue weighted by Gasteiger charge is -2.16. The van der Waals surface area contributed by atoms with Crippen molar-refractivity contribution in [2.45, 2.75) is 35.8 Å². The molecule has 3 N–H and O–H groups in total. The first kappa shape index (κ1) is 16.8. The molecule has 0 radical (unpaired) electrons. The van der Waals surface area contributed by atoms with Gasteiger partial charge < -0.3 is 0 Å². The molecule has 1 fully saturated rings. The summed E-state index contributed by atoms with van der Waals surface area (Å²) < 4.78 is 49.3. The van der Waals surface area contributed by atoms with Crippen molar-refractivity contribution in [1.82, 2.24) is 0 Å². The molecule has 118 valence electrons. The summed E-state index contributed by atoms with van der Waals surface area (Å²) in [6, 6.07) is 2.13. The minimum Gasteiger partial charge on any atom is -0.280 e. The SMILES string of the molecule is NS(=O)(=O)c1cc(Cl)c(NS(=O)(=O)C2CCCC2)c(Cl)c1. The van der Waals surface area contributed by atoms with Crippen molar-refractivity contribution < 1.29 is 16.8 Å². The van der Waals surface area contributed by atoms with Gasteiger partial charge in [-0.25, -0.2) is 22.0 Å². The first-order valence-corrected chi connectivity index (χ1v) is 9.99. The third-order valence-electron chi connectivity index (χ3n) is 3.33. The zero-order chi connectivity index (χ0) is 15.8. The lowest BCUT2D eigenvalue weighted by Crippen LogP contribution is -2.25. The summed E-state index contributed by atoms with van der Waals surface area (Å²) in [5, 5.41) is 4.27. The molecule has 0 atom stereocenters. The topological polar surface area (TPSA) is 106 Å². The van der Waals surface area contributed by atoms with Gasteiger partial charge in [0.15, 0.2) is 0 Å². The molecular weight excluding hydrogens is 359 g/mol. The Morgan fingerprint density at radius 2 is 1.52 bits per heavy atom. The van der Waals surface area contributed by atoms with E-state index in [1.54, 1.807) is 0 Å². The van der Waals surface area contributed by atoms with E-state index in [4.69, 9.17) is 28.3 Å². The van der Waals surface area contributed by atoms with Crippen LogP contribution in [-0.4, -0.2) is 22.1 Å². The third-order valence-corrected chi connectivity index (χ3v) is 6.66. The number of benzene rings is 1. The highest BCUT2D eigenvalue weighted by atomic mass is 35.5. The zero-order valence-electron chi connectivity index (χ0n) is 10.8. The summed E-state index contributed by atoms with van der Waals surface area (Å²) in [7, 11) is -7.58. The lowest BCUT2D eigenvalue weighted by molar-refractivity contribution is 0.585. The molecule has 0 amide bonds. The first-order valence-electron chi connectivity index (χ1n) is 6.15. The maximum atomic E-state index is 12.2. The molecule has 1 aliphatic carbocycles. The molecular formula is C11H14Cl2N2O4S2. The molecule has 1 saturated carbocycles. The van der Waals surface area contributed by atoms with Crippen LogP contribution < -0.4 is 9.86 Å². The summed E-state index contributed by atoms with van der Waals surface area (Å²) in [6.45, 7) is 0. The maximum absolute atomic E-state index is 12.2. The Balaban J connectivity index is 2.37. The van der Waals surface area contributed by atoms with Gasteiger partial charge in [-0.05, 0) is 25.0 Å². The van der Waals surface area contributed by atoms with Crippen LogP contribution in [0.1, 0.15) is 25.7 Å². The van der Waals surface area contributed by atoms with Crippen LogP contribution in [0.15, 0.2) is 17.0 Å². The van der Waals surface area contributed by atoms with Crippen LogP contribution in [0.2, 0.25) is 10.0 Å². The molecule has 0 saturated heterocycles. The number of halogens is 2. The van der Waals surface area contributed by atoms with Gasteiger partial charge in [0.1, 0.15) is 0 Å². The molecule has 6 nitrogen and oxygen atoms in total. The predicted molar refractivity (Wildman–Crippen MR) is 82.6 cm³/mol. The number of sulfonamides is 2. The van der Waals surface area contributed by atoms with Gasteiger partial charge in [0, 0.05) is 0 Å². The van der Waals surface area contributed by atoms with Crippen LogP contribution in [-0.2, 0) is 20.0 Å². The highest BCUT2D eigenvalue weighted by Gasteiger charge is 2.30. The molecule has 0 spiro atoms. The van der Waals surface area contributed by atoms with Crippen LogP contribution in [0, 0.1) is 0 Å². The quantitative estimate of drug-likeness (QED) is 0.845. The molecule has 10 heteroatoms. The summed E-state index contributed by atoms with van der Waals surface area (Å²) in [6.07, 6.45) is 2.88. The van der Waals surface area contributed by atoms with Gasteiger partial charge in [-0.1, -0.05) is 36.0 Å². The van der Waals surface area contributed by atoms with Gasteiger partial charge in [-0.2, -0.15) is 0 Å². The number of nitrogens with two attached hydrogens (primary N) is 1. The molecule has 0 heterocycles. The van der Waals surface area contributed by atoms with Crippen molar-refractivity contribution in [2.75, 3.05) is 4.72 Å². The van der Waals surface area contributed by atoms with E-state index in [1.165, 1.54) is 0 Å². The van der Waals surface area contributed by atoms with Crippen LogP contribution in [0.3, 0.4) is 0 Å². The Bertz CT molecular complexity index is 733. The number of hydrogen-bond donors (Lipinski definition) is 2. The van der Waals surface area contributed by atoms with Gasteiger partial charge in [-0.3, -0.25) is 4.72 Å². The second kappa shape index (κ2) is 5.92. The highest BCUT2D eigenvalue weighted by molar-refractivity contribution is 7.93. The molecule has 0 unspecified atom stereocenters. The van der Waals surface area contributed by atoms with E-state index in [-0.39, 0.29) is 20.6 Å². The molecule has 0 aromatic heterocycles. The van der Waals surface area contributed by atoms with E-state index < -0.39 is 25.3 Å². The summed E-state index contributed by atoms with van der Waals surface area (Å²) in [5.41, 5.74) is -0.0300. The van der Waals surface area contributed by atoms with E-state index >= 15 is 0 Å². The minimum atomic E-state index is -3.97. The Hall–Kier alpha value is -0.540. The average molecular weight is 373 g/mol. The van der Waals surface area contributed by atoms with Crippen molar-refractivity contribution in [1.29, 1.82) is 0 Å². The summed E-state index contributed by atoms with van der Waals surface area (Å²) in [4.78, 5) is -0.277. The standard InChI is InChI=1S/C11H14Cl2N2O4S2/c12-9-5-8(20(14,16)17)6-10(13)11(9)15-21(18,19)7-3-1-2-4-7/h5-7,15H,1-4H2,(H2,14,16,17). The van der Waals surface area contributed by atoms with Gasteiger partial charge >= 0.3 is 0 Å². The molecule has 1 aromatic carbocycles. The van der Waals surface area contributed by atoms with Gasteiger partial charge in [0.25, 0.3) is 0 Å². The van der Waals surface area contributed by atoms with Crippen LogP contribution >= 0.6 is 23.2 Å². The molecule has 1 aromatic rings. The van der Waals surface area contributed by atoms with E-state index in [2.05, 4.69) is 4.72 Å². The first-order chi connectivity index (χ1) is 9.61. The summed E-state index contributed by atoms with van der Waals surface area (Å²) in [5.74, 6) is 0. The number of rotatable bonds is 4. The van der Waals surface area contributed by atoms with E-state index in [0.717, 1.165) is 25.0 Å². The Morgan fingerprint density at radius 3 is 1.95 bits per heavy atom. The van der Waals surface area contributed by atoms with Crippen molar-refractivity contribution in [2.24, 2.45) is 5.14 Å². The van der Waals surface area contributed by atoms with Crippen molar-refractivity contribution >= 4 is 48.9 Å². The zero-order valence-corrected chi connectivity index (χ0v) is 14.0. The van der Waals surface area contributed by atoms with E-state index in [9.17, 15) is 16.8 Å². The molecule has 0 bridgehead atoms. The van der Waals surface area contributed by atoms with Gasteiger partial charge in [0.05, 0.1) is 25.9 Å². The maximum Gasteiger partial charge on any atom is 0.238 e. The van der Waals surface area contributed by atoms with Crippen molar-refractivity contribution in [3.8, 4) is 0 Å². The highest BCUT2D eigenvalue weighted by Crippen LogP contribution is 2.35. The summed E-state index contributed by atoms with van der Waals surface area (Å²) >= 11 is 11.8. The number of nitrogens with one attached hydrogen (secondary N) is 1. The molecule has 21 heavy (non-hydrogen) atoms. The van der Waals surface area contributed by atoms with Crippen LogP contribution in [0.4, 0.5) is 5.69 Å². The van der Waals surface area contributed by atoms with Crippen molar-refractivity contribution in [3.63, 3.8) is 0 Å². The second-order valence-corrected chi connectivity index (χ2v) is 9.20. The Morgan fingerprint density at radius 1 is 1.05 bits per heavy atom. The fourth-order valence-electron chi connectivity index (χ4n) is 2.24. The van der Waals surface area contributed by atoms with Gasteiger partial charge in [-0.15, -0.1) is 0 Å². The van der Waals surface area contributed by atoms with Crippen molar-refractivity contribution in [3.05, 3.63) is 22.2 Å². The second-order valence-electron chi connectivity index (χ2n) is 4.86. The smallest absolute Gasteiger partial charge is 0.238 e. The van der Waals surface area contributed by atoms with E-state index in [1.807, 2.05) is 0 Å². The Kier molecular flexibility index (Phi) is 4.75. The minimum absolute atomic E-state index is 0.0300. The largest absolute Gasteiger partial charge is 0.280 e. The number of hydrogen-bond acceptors (Lipinski definition) is 4. The number of primary sulfonamides is 1.